The number of aliphatic hydroxyl groups is 2. The van der Waals surface area contributed by atoms with Gasteiger partial charge < -0.3 is 10.2 Å². The average Bonchev–Trinajstić information content (AvgIpc) is 2.70. The van der Waals surface area contributed by atoms with Crippen molar-refractivity contribution in [3.8, 4) is 0 Å². The van der Waals surface area contributed by atoms with Gasteiger partial charge in [0.2, 0.25) is 0 Å². The number of halogens is 1. The fourth-order valence-corrected chi connectivity index (χ4v) is 6.83. The predicted molar refractivity (Wildman–Crippen MR) is 84.0 cm³/mol. The Balaban J connectivity index is 1.74. The van der Waals surface area contributed by atoms with Crippen LogP contribution in [0.3, 0.4) is 0 Å². The molecule has 0 bridgehead atoms. The highest BCUT2D eigenvalue weighted by molar-refractivity contribution is 5.25. The van der Waals surface area contributed by atoms with Crippen molar-refractivity contribution in [2.75, 3.05) is 0 Å². The summed E-state index contributed by atoms with van der Waals surface area (Å²) < 4.78 is 14.2. The number of alkyl halides is 1. The van der Waals surface area contributed by atoms with E-state index in [1.165, 1.54) is 18.4 Å². The summed E-state index contributed by atoms with van der Waals surface area (Å²) >= 11 is 0. The molecule has 0 spiro atoms. The van der Waals surface area contributed by atoms with Crippen LogP contribution < -0.4 is 0 Å². The Morgan fingerprint density at radius 1 is 1.27 bits per heavy atom. The van der Waals surface area contributed by atoms with Crippen molar-refractivity contribution in [3.63, 3.8) is 0 Å². The third-order valence-corrected chi connectivity index (χ3v) is 7.89. The van der Waals surface area contributed by atoms with E-state index in [1.807, 2.05) is 6.92 Å². The Labute approximate surface area is 132 Å². The van der Waals surface area contributed by atoms with Gasteiger partial charge in [0.1, 0.15) is 6.17 Å². The Morgan fingerprint density at radius 2 is 2.05 bits per heavy atom. The number of allylic oxidation sites excluding steroid dienone is 2. The van der Waals surface area contributed by atoms with Gasteiger partial charge in [-0.1, -0.05) is 25.5 Å². The summed E-state index contributed by atoms with van der Waals surface area (Å²) in [6.45, 7) is 4.34. The molecule has 0 aliphatic heterocycles. The average molecular weight is 308 g/mol. The molecule has 4 aliphatic rings. The van der Waals surface area contributed by atoms with Crippen molar-refractivity contribution in [1.29, 1.82) is 0 Å². The molecule has 3 saturated carbocycles. The second-order valence-electron chi connectivity index (χ2n) is 8.85. The summed E-state index contributed by atoms with van der Waals surface area (Å²) in [6, 6.07) is 0. The smallest absolute Gasteiger partial charge is 0.127 e. The molecule has 0 saturated heterocycles. The van der Waals surface area contributed by atoms with Gasteiger partial charge in [-0.3, -0.25) is 0 Å². The van der Waals surface area contributed by atoms with E-state index in [2.05, 4.69) is 13.0 Å². The second-order valence-corrected chi connectivity index (χ2v) is 8.85. The minimum Gasteiger partial charge on any atom is -0.393 e. The van der Waals surface area contributed by atoms with Gasteiger partial charge in [-0.15, -0.1) is 0 Å². The van der Waals surface area contributed by atoms with Crippen molar-refractivity contribution in [2.45, 2.75) is 77.2 Å². The van der Waals surface area contributed by atoms with Gasteiger partial charge >= 0.3 is 0 Å². The minimum absolute atomic E-state index is 0.0985. The summed E-state index contributed by atoms with van der Waals surface area (Å²) in [6.07, 6.45) is 6.72. The third-order valence-electron chi connectivity index (χ3n) is 7.89. The van der Waals surface area contributed by atoms with Crippen LogP contribution in [-0.2, 0) is 0 Å². The minimum atomic E-state index is -1.11. The molecule has 0 radical (unpaired) electrons. The highest BCUT2D eigenvalue weighted by Gasteiger charge is 2.63. The highest BCUT2D eigenvalue weighted by atomic mass is 19.1. The topological polar surface area (TPSA) is 40.5 Å². The lowest BCUT2D eigenvalue weighted by molar-refractivity contribution is -0.141. The molecule has 8 atom stereocenters. The SMILES string of the molecule is C[C@]12CCCC=C1CC[C@@H]1[C@@H]2[C@H](O)C[C@]2(C)C(O)[C@H](F)C[C@@H]12. The molecule has 0 aromatic carbocycles. The summed E-state index contributed by atoms with van der Waals surface area (Å²) in [4.78, 5) is 0. The third kappa shape index (κ3) is 1.78. The van der Waals surface area contributed by atoms with Crippen molar-refractivity contribution >= 4 is 0 Å². The maximum Gasteiger partial charge on any atom is 0.127 e. The summed E-state index contributed by atoms with van der Waals surface area (Å²) in [5, 5.41) is 21.3. The molecule has 124 valence electrons. The van der Waals surface area contributed by atoms with E-state index in [4.69, 9.17) is 0 Å². The molecule has 0 aromatic rings. The first kappa shape index (κ1) is 15.1. The first-order chi connectivity index (χ1) is 10.4. The predicted octanol–water partition coefficient (Wildman–Crippen LogP) is 3.62. The summed E-state index contributed by atoms with van der Waals surface area (Å²) in [5.74, 6) is 0.846. The van der Waals surface area contributed by atoms with Crippen LogP contribution >= 0.6 is 0 Å². The van der Waals surface area contributed by atoms with Crippen LogP contribution in [0.2, 0.25) is 0 Å². The number of hydrogen-bond acceptors (Lipinski definition) is 2. The molecule has 22 heavy (non-hydrogen) atoms. The number of hydrogen-bond donors (Lipinski definition) is 2. The van der Waals surface area contributed by atoms with Crippen LogP contribution in [0, 0.1) is 28.6 Å². The van der Waals surface area contributed by atoms with Gasteiger partial charge in [0, 0.05) is 5.41 Å². The Kier molecular flexibility index (Phi) is 3.30. The molecular formula is C19H29FO2. The van der Waals surface area contributed by atoms with E-state index < -0.39 is 23.8 Å². The van der Waals surface area contributed by atoms with Crippen molar-refractivity contribution in [1.82, 2.24) is 0 Å². The van der Waals surface area contributed by atoms with E-state index in [1.54, 1.807) is 0 Å². The maximum atomic E-state index is 14.2. The molecule has 3 heteroatoms. The Bertz CT molecular complexity index is 504. The van der Waals surface area contributed by atoms with Gasteiger partial charge in [0.15, 0.2) is 0 Å². The zero-order chi connectivity index (χ0) is 15.7. The second kappa shape index (κ2) is 4.80. The molecule has 2 nitrogen and oxygen atoms in total. The van der Waals surface area contributed by atoms with Crippen LogP contribution in [0.15, 0.2) is 11.6 Å². The molecule has 4 aliphatic carbocycles. The monoisotopic (exact) mass is 308 g/mol. The van der Waals surface area contributed by atoms with Crippen molar-refractivity contribution in [2.24, 2.45) is 28.6 Å². The fourth-order valence-electron chi connectivity index (χ4n) is 6.83. The Hall–Kier alpha value is -0.410. The number of fused-ring (bicyclic) bond motifs is 5. The lowest BCUT2D eigenvalue weighted by Gasteiger charge is -2.59. The largest absolute Gasteiger partial charge is 0.393 e. The quantitative estimate of drug-likeness (QED) is 0.671. The van der Waals surface area contributed by atoms with Crippen LogP contribution in [-0.4, -0.2) is 28.6 Å². The zero-order valence-corrected chi connectivity index (χ0v) is 13.8. The van der Waals surface area contributed by atoms with Gasteiger partial charge in [-0.2, -0.15) is 0 Å². The molecule has 0 amide bonds. The summed E-state index contributed by atoms with van der Waals surface area (Å²) in [7, 11) is 0. The van der Waals surface area contributed by atoms with E-state index in [9.17, 15) is 14.6 Å². The first-order valence-electron chi connectivity index (χ1n) is 9.07. The lowest BCUT2D eigenvalue weighted by Crippen LogP contribution is -2.57. The lowest BCUT2D eigenvalue weighted by atomic mass is 9.46. The van der Waals surface area contributed by atoms with E-state index in [-0.39, 0.29) is 17.3 Å². The molecule has 2 N–H and O–H groups in total. The number of rotatable bonds is 0. The van der Waals surface area contributed by atoms with Gasteiger partial charge in [-0.05, 0) is 68.1 Å². The van der Waals surface area contributed by atoms with Crippen molar-refractivity contribution in [3.05, 3.63) is 11.6 Å². The molecule has 0 heterocycles. The number of aliphatic hydroxyl groups excluding tert-OH is 2. The summed E-state index contributed by atoms with van der Waals surface area (Å²) in [5.41, 5.74) is 1.20. The molecule has 1 unspecified atom stereocenters. The first-order valence-corrected chi connectivity index (χ1v) is 9.07. The zero-order valence-electron chi connectivity index (χ0n) is 13.8. The van der Waals surface area contributed by atoms with E-state index in [0.29, 0.717) is 18.8 Å². The van der Waals surface area contributed by atoms with Crippen LogP contribution in [0.4, 0.5) is 4.39 Å². The van der Waals surface area contributed by atoms with Crippen LogP contribution in [0.5, 0.6) is 0 Å². The molecule has 3 fully saturated rings. The maximum absolute atomic E-state index is 14.2. The fraction of sp³-hybridized carbons (Fsp3) is 0.895. The van der Waals surface area contributed by atoms with Crippen molar-refractivity contribution < 1.29 is 14.6 Å². The normalized spacial score (nSPS) is 57.6. The van der Waals surface area contributed by atoms with Crippen LogP contribution in [0.25, 0.3) is 0 Å². The highest BCUT2D eigenvalue weighted by Crippen LogP contribution is 2.65. The molecule has 4 rings (SSSR count). The van der Waals surface area contributed by atoms with Gasteiger partial charge in [0.05, 0.1) is 12.2 Å². The van der Waals surface area contributed by atoms with Gasteiger partial charge in [0.25, 0.3) is 0 Å². The molecular weight excluding hydrogens is 279 g/mol. The van der Waals surface area contributed by atoms with Crippen LogP contribution in [0.1, 0.15) is 58.8 Å². The standard InChI is InChI=1S/C19H29FO2/c1-18-8-4-3-5-11(18)6-7-12-13-9-14(20)17(22)19(13,2)10-15(21)16(12)18/h5,12-17,21-22H,3-4,6-10H2,1-2H3/t12-,13-,14+,15+,16+,17?,18-,19-/m0/s1. The molecule has 0 aromatic heterocycles. The van der Waals surface area contributed by atoms with E-state index in [0.717, 1.165) is 19.3 Å². The Morgan fingerprint density at radius 3 is 2.82 bits per heavy atom. The van der Waals surface area contributed by atoms with Gasteiger partial charge in [-0.25, -0.2) is 4.39 Å². The van der Waals surface area contributed by atoms with E-state index >= 15 is 0 Å².